The quantitative estimate of drug-likeness (QED) is 0.627. The van der Waals surface area contributed by atoms with Gasteiger partial charge in [-0.25, -0.2) is 4.79 Å². The standard InChI is InChI=1S/C11H21NO3/c1-4-6-9(3)10(11(14)15)12(8-13)7-5-2/h8-10H,4-7H2,1-3H3,(H,14,15). The van der Waals surface area contributed by atoms with Crippen LogP contribution in [0.3, 0.4) is 0 Å². The lowest BCUT2D eigenvalue weighted by Crippen LogP contribution is -2.45. The predicted octanol–water partition coefficient (Wildman–Crippen LogP) is 1.74. The van der Waals surface area contributed by atoms with Gasteiger partial charge >= 0.3 is 5.97 Å². The van der Waals surface area contributed by atoms with Gasteiger partial charge in [0.2, 0.25) is 6.41 Å². The summed E-state index contributed by atoms with van der Waals surface area (Å²) in [5, 5.41) is 9.10. The van der Waals surface area contributed by atoms with Crippen LogP contribution in [0.25, 0.3) is 0 Å². The fourth-order valence-corrected chi connectivity index (χ4v) is 1.84. The number of carbonyl (C=O) groups is 2. The number of hydrogen-bond acceptors (Lipinski definition) is 2. The Morgan fingerprint density at radius 1 is 1.40 bits per heavy atom. The molecule has 0 saturated heterocycles. The molecule has 0 aromatic rings. The topological polar surface area (TPSA) is 57.6 Å². The first kappa shape index (κ1) is 13.9. The minimum absolute atomic E-state index is 0.00394. The number of carbonyl (C=O) groups excluding carboxylic acids is 1. The summed E-state index contributed by atoms with van der Waals surface area (Å²) in [5.41, 5.74) is 0. The van der Waals surface area contributed by atoms with Crippen molar-refractivity contribution >= 4 is 12.4 Å². The number of carboxylic acids is 1. The molecule has 0 aliphatic rings. The first-order valence-corrected chi connectivity index (χ1v) is 5.52. The molecule has 4 heteroatoms. The first-order chi connectivity index (χ1) is 7.08. The van der Waals surface area contributed by atoms with E-state index in [1.165, 1.54) is 4.90 Å². The van der Waals surface area contributed by atoms with Crippen molar-refractivity contribution in [2.24, 2.45) is 5.92 Å². The van der Waals surface area contributed by atoms with Gasteiger partial charge in [0.05, 0.1) is 0 Å². The molecule has 0 radical (unpaired) electrons. The Labute approximate surface area is 91.3 Å². The Bertz CT molecular complexity index is 206. The molecule has 0 spiro atoms. The summed E-state index contributed by atoms with van der Waals surface area (Å²) < 4.78 is 0. The summed E-state index contributed by atoms with van der Waals surface area (Å²) >= 11 is 0. The van der Waals surface area contributed by atoms with E-state index in [0.29, 0.717) is 13.0 Å². The maximum atomic E-state index is 11.1. The Morgan fingerprint density at radius 2 is 2.00 bits per heavy atom. The van der Waals surface area contributed by atoms with E-state index >= 15 is 0 Å². The number of amides is 1. The van der Waals surface area contributed by atoms with Crippen molar-refractivity contribution in [2.75, 3.05) is 6.54 Å². The highest BCUT2D eigenvalue weighted by Crippen LogP contribution is 2.16. The van der Waals surface area contributed by atoms with Gasteiger partial charge in [0, 0.05) is 6.54 Å². The third kappa shape index (κ3) is 4.32. The molecule has 1 amide bonds. The largest absolute Gasteiger partial charge is 0.480 e. The van der Waals surface area contributed by atoms with E-state index in [9.17, 15) is 9.59 Å². The van der Waals surface area contributed by atoms with Crippen molar-refractivity contribution in [1.29, 1.82) is 0 Å². The zero-order chi connectivity index (χ0) is 11.8. The van der Waals surface area contributed by atoms with Crippen LogP contribution in [-0.2, 0) is 9.59 Å². The van der Waals surface area contributed by atoms with Gasteiger partial charge in [-0.05, 0) is 18.8 Å². The van der Waals surface area contributed by atoms with Crippen molar-refractivity contribution < 1.29 is 14.7 Å². The number of hydrogen-bond donors (Lipinski definition) is 1. The zero-order valence-electron chi connectivity index (χ0n) is 9.77. The zero-order valence-corrected chi connectivity index (χ0v) is 9.77. The third-order valence-electron chi connectivity index (χ3n) is 2.51. The maximum absolute atomic E-state index is 11.1. The molecule has 2 atom stereocenters. The van der Waals surface area contributed by atoms with Gasteiger partial charge in [-0.15, -0.1) is 0 Å². The molecule has 0 bridgehead atoms. The van der Waals surface area contributed by atoms with Crippen LogP contribution in [0.4, 0.5) is 0 Å². The molecular weight excluding hydrogens is 194 g/mol. The normalized spacial score (nSPS) is 14.3. The lowest BCUT2D eigenvalue weighted by molar-refractivity contribution is -0.148. The van der Waals surface area contributed by atoms with Gasteiger partial charge in [0.1, 0.15) is 6.04 Å². The summed E-state index contributed by atoms with van der Waals surface area (Å²) in [7, 11) is 0. The molecular formula is C11H21NO3. The van der Waals surface area contributed by atoms with Gasteiger partial charge in [0.15, 0.2) is 0 Å². The smallest absolute Gasteiger partial charge is 0.326 e. The molecule has 0 aromatic heterocycles. The average molecular weight is 215 g/mol. The van der Waals surface area contributed by atoms with E-state index < -0.39 is 12.0 Å². The fourth-order valence-electron chi connectivity index (χ4n) is 1.84. The predicted molar refractivity (Wildman–Crippen MR) is 58.6 cm³/mol. The van der Waals surface area contributed by atoms with Gasteiger partial charge in [-0.1, -0.05) is 27.2 Å². The Morgan fingerprint density at radius 3 is 2.33 bits per heavy atom. The number of aliphatic carboxylic acids is 1. The summed E-state index contributed by atoms with van der Waals surface area (Å²) in [6, 6.07) is -0.678. The summed E-state index contributed by atoms with van der Waals surface area (Å²) in [4.78, 5) is 23.3. The van der Waals surface area contributed by atoms with E-state index in [1.807, 2.05) is 20.8 Å². The Kier molecular flexibility index (Phi) is 6.75. The van der Waals surface area contributed by atoms with Crippen molar-refractivity contribution in [3.63, 3.8) is 0 Å². The number of carboxylic acid groups (broad SMARTS) is 1. The van der Waals surface area contributed by atoms with Crippen molar-refractivity contribution in [1.82, 2.24) is 4.90 Å². The molecule has 0 aliphatic carbocycles. The van der Waals surface area contributed by atoms with Crippen LogP contribution in [0, 0.1) is 5.92 Å². The second-order valence-corrected chi connectivity index (χ2v) is 3.89. The summed E-state index contributed by atoms with van der Waals surface area (Å²) in [6.45, 7) is 6.34. The maximum Gasteiger partial charge on any atom is 0.326 e. The molecule has 4 nitrogen and oxygen atoms in total. The van der Waals surface area contributed by atoms with Crippen LogP contribution in [0.1, 0.15) is 40.0 Å². The Balaban J connectivity index is 4.60. The monoisotopic (exact) mass is 215 g/mol. The van der Waals surface area contributed by atoms with Gasteiger partial charge in [-0.2, -0.15) is 0 Å². The van der Waals surface area contributed by atoms with Crippen molar-refractivity contribution in [3.8, 4) is 0 Å². The third-order valence-corrected chi connectivity index (χ3v) is 2.51. The van der Waals surface area contributed by atoms with E-state index in [0.717, 1.165) is 19.3 Å². The lowest BCUT2D eigenvalue weighted by atomic mass is 9.95. The van der Waals surface area contributed by atoms with Gasteiger partial charge in [-0.3, -0.25) is 4.79 Å². The molecule has 1 N–H and O–H groups in total. The van der Waals surface area contributed by atoms with Crippen LogP contribution in [0.2, 0.25) is 0 Å². The SMILES string of the molecule is CCCC(C)C(C(=O)O)N(C=O)CCC. The van der Waals surface area contributed by atoms with E-state index in [4.69, 9.17) is 5.11 Å². The molecule has 0 heterocycles. The number of rotatable bonds is 8. The fraction of sp³-hybridized carbons (Fsp3) is 0.818. The second-order valence-electron chi connectivity index (χ2n) is 3.89. The number of nitrogens with zero attached hydrogens (tertiary/aromatic N) is 1. The van der Waals surface area contributed by atoms with Crippen molar-refractivity contribution in [2.45, 2.75) is 46.1 Å². The van der Waals surface area contributed by atoms with Crippen LogP contribution in [-0.4, -0.2) is 35.0 Å². The second kappa shape index (κ2) is 7.26. The van der Waals surface area contributed by atoms with Gasteiger partial charge < -0.3 is 10.0 Å². The highest BCUT2D eigenvalue weighted by molar-refractivity contribution is 5.76. The average Bonchev–Trinajstić information content (AvgIpc) is 2.16. The highest BCUT2D eigenvalue weighted by atomic mass is 16.4. The van der Waals surface area contributed by atoms with Crippen LogP contribution in [0.5, 0.6) is 0 Å². The summed E-state index contributed by atoms with van der Waals surface area (Å²) in [5.74, 6) is -0.902. The van der Waals surface area contributed by atoms with Crippen LogP contribution < -0.4 is 0 Å². The van der Waals surface area contributed by atoms with Crippen molar-refractivity contribution in [3.05, 3.63) is 0 Å². The van der Waals surface area contributed by atoms with E-state index in [2.05, 4.69) is 0 Å². The molecule has 0 fully saturated rings. The molecule has 0 rings (SSSR count). The molecule has 0 aromatic carbocycles. The Hall–Kier alpha value is -1.06. The lowest BCUT2D eigenvalue weighted by Gasteiger charge is -2.29. The molecule has 15 heavy (non-hydrogen) atoms. The molecule has 0 aliphatic heterocycles. The minimum Gasteiger partial charge on any atom is -0.480 e. The molecule has 0 saturated carbocycles. The van der Waals surface area contributed by atoms with E-state index in [-0.39, 0.29) is 5.92 Å². The van der Waals surface area contributed by atoms with Crippen LogP contribution >= 0.6 is 0 Å². The first-order valence-electron chi connectivity index (χ1n) is 5.52. The summed E-state index contributed by atoms with van der Waals surface area (Å²) in [6.07, 6.45) is 3.19. The molecule has 2 unspecified atom stereocenters. The van der Waals surface area contributed by atoms with E-state index in [1.54, 1.807) is 0 Å². The van der Waals surface area contributed by atoms with Crippen LogP contribution in [0.15, 0.2) is 0 Å². The van der Waals surface area contributed by atoms with Gasteiger partial charge in [0.25, 0.3) is 0 Å². The minimum atomic E-state index is -0.906. The highest BCUT2D eigenvalue weighted by Gasteiger charge is 2.29. The molecule has 88 valence electrons.